The van der Waals surface area contributed by atoms with Gasteiger partial charge >= 0.3 is 0 Å². The molecule has 3 heteroatoms. The Bertz CT molecular complexity index is 311. The van der Waals surface area contributed by atoms with E-state index in [9.17, 15) is 0 Å². The lowest BCUT2D eigenvalue weighted by Crippen LogP contribution is -2.15. The fourth-order valence-corrected chi connectivity index (χ4v) is 1.68. The molecule has 0 aliphatic rings. The van der Waals surface area contributed by atoms with Crippen molar-refractivity contribution in [3.8, 4) is 5.75 Å². The highest BCUT2D eigenvalue weighted by molar-refractivity contribution is 5.29. The summed E-state index contributed by atoms with van der Waals surface area (Å²) in [4.78, 5) is 4.13. The molecule has 0 spiro atoms. The molecular formula is C14H24N2O. The van der Waals surface area contributed by atoms with Gasteiger partial charge in [0.05, 0.1) is 12.8 Å². The van der Waals surface area contributed by atoms with Crippen LogP contribution in [0, 0.1) is 5.92 Å². The van der Waals surface area contributed by atoms with Gasteiger partial charge in [-0.2, -0.15) is 0 Å². The van der Waals surface area contributed by atoms with Crippen molar-refractivity contribution in [2.75, 3.05) is 13.2 Å². The van der Waals surface area contributed by atoms with Gasteiger partial charge in [-0.15, -0.1) is 0 Å². The minimum absolute atomic E-state index is 0.641. The summed E-state index contributed by atoms with van der Waals surface area (Å²) >= 11 is 0. The number of hydrogen-bond acceptors (Lipinski definition) is 3. The zero-order valence-electron chi connectivity index (χ0n) is 11.2. The highest BCUT2D eigenvalue weighted by Gasteiger charge is 2.07. The molecule has 0 atom stereocenters. The van der Waals surface area contributed by atoms with Gasteiger partial charge in [-0.1, -0.05) is 33.6 Å². The summed E-state index contributed by atoms with van der Waals surface area (Å²) in [7, 11) is 0. The summed E-state index contributed by atoms with van der Waals surface area (Å²) in [5, 5.41) is 3.31. The van der Waals surface area contributed by atoms with Crippen LogP contribution in [0.25, 0.3) is 0 Å². The number of hydrogen-bond donors (Lipinski definition) is 1. The van der Waals surface area contributed by atoms with E-state index in [0.717, 1.165) is 25.4 Å². The van der Waals surface area contributed by atoms with E-state index in [1.165, 1.54) is 18.4 Å². The normalized spacial score (nSPS) is 10.8. The second-order valence-corrected chi connectivity index (χ2v) is 4.26. The molecule has 0 saturated heterocycles. The van der Waals surface area contributed by atoms with Gasteiger partial charge in [0.1, 0.15) is 5.75 Å². The van der Waals surface area contributed by atoms with Gasteiger partial charge in [0, 0.05) is 18.3 Å². The third-order valence-corrected chi connectivity index (χ3v) is 3.06. The molecule has 0 amide bonds. The zero-order valence-corrected chi connectivity index (χ0v) is 11.2. The van der Waals surface area contributed by atoms with Gasteiger partial charge in [-0.05, 0) is 18.5 Å². The maximum absolute atomic E-state index is 5.88. The van der Waals surface area contributed by atoms with Crippen molar-refractivity contribution < 1.29 is 4.74 Å². The van der Waals surface area contributed by atoms with Crippen LogP contribution in [-0.4, -0.2) is 18.1 Å². The van der Waals surface area contributed by atoms with Gasteiger partial charge < -0.3 is 10.1 Å². The van der Waals surface area contributed by atoms with Crippen molar-refractivity contribution in [2.45, 2.75) is 40.2 Å². The van der Waals surface area contributed by atoms with E-state index < -0.39 is 0 Å². The first-order valence-corrected chi connectivity index (χ1v) is 6.58. The molecule has 0 saturated carbocycles. The predicted molar refractivity (Wildman–Crippen MR) is 71.2 cm³/mol. The van der Waals surface area contributed by atoms with E-state index in [0.29, 0.717) is 5.92 Å². The van der Waals surface area contributed by atoms with Crippen LogP contribution >= 0.6 is 0 Å². The van der Waals surface area contributed by atoms with E-state index in [2.05, 4.69) is 31.1 Å². The Hall–Kier alpha value is -1.09. The highest BCUT2D eigenvalue weighted by atomic mass is 16.5. The number of ether oxygens (including phenoxy) is 1. The molecule has 0 aliphatic heterocycles. The summed E-state index contributed by atoms with van der Waals surface area (Å²) in [6.07, 6.45) is 5.96. The molecule has 0 unspecified atom stereocenters. The molecule has 1 aromatic rings. The molecule has 0 bridgehead atoms. The lowest BCUT2D eigenvalue weighted by atomic mass is 10.1. The summed E-state index contributed by atoms with van der Waals surface area (Å²) in [6, 6.07) is 2.02. The fourth-order valence-electron chi connectivity index (χ4n) is 1.68. The van der Waals surface area contributed by atoms with Gasteiger partial charge in [-0.25, -0.2) is 0 Å². The first-order chi connectivity index (χ1) is 8.31. The average molecular weight is 236 g/mol. The molecule has 17 heavy (non-hydrogen) atoms. The molecule has 96 valence electrons. The minimum Gasteiger partial charge on any atom is -0.491 e. The largest absolute Gasteiger partial charge is 0.491 e. The monoisotopic (exact) mass is 236 g/mol. The quantitative estimate of drug-likeness (QED) is 0.753. The molecule has 0 radical (unpaired) electrons. The van der Waals surface area contributed by atoms with Crippen LogP contribution in [0.3, 0.4) is 0 Å². The second kappa shape index (κ2) is 8.07. The van der Waals surface area contributed by atoms with E-state index in [1.54, 1.807) is 0 Å². The summed E-state index contributed by atoms with van der Waals surface area (Å²) in [6.45, 7) is 9.12. The number of nitrogens with one attached hydrogen (secondary N) is 1. The Kier molecular flexibility index (Phi) is 6.63. The SMILES string of the molecule is CCNCc1ccncc1OCC(CC)CC. The average Bonchev–Trinajstić information content (AvgIpc) is 2.38. The van der Waals surface area contributed by atoms with Crippen molar-refractivity contribution in [3.05, 3.63) is 24.0 Å². The Morgan fingerprint density at radius 1 is 1.29 bits per heavy atom. The molecule has 1 N–H and O–H groups in total. The Labute approximate surface area is 105 Å². The second-order valence-electron chi connectivity index (χ2n) is 4.26. The number of pyridine rings is 1. The van der Waals surface area contributed by atoms with Crippen LogP contribution in [-0.2, 0) is 6.54 Å². The van der Waals surface area contributed by atoms with Gasteiger partial charge in [0.25, 0.3) is 0 Å². The first-order valence-electron chi connectivity index (χ1n) is 6.58. The maximum atomic E-state index is 5.88. The van der Waals surface area contributed by atoms with E-state index in [1.807, 2.05) is 18.5 Å². The van der Waals surface area contributed by atoms with Crippen LogP contribution in [0.15, 0.2) is 18.5 Å². The maximum Gasteiger partial charge on any atom is 0.142 e. The first kappa shape index (κ1) is 14.0. The molecule has 1 heterocycles. The Morgan fingerprint density at radius 3 is 2.71 bits per heavy atom. The molecule has 3 nitrogen and oxygen atoms in total. The number of nitrogens with zero attached hydrogens (tertiary/aromatic N) is 1. The number of rotatable bonds is 8. The molecule has 1 aromatic heterocycles. The van der Waals surface area contributed by atoms with Crippen molar-refractivity contribution in [3.63, 3.8) is 0 Å². The standard InChI is InChI=1S/C14H24N2O/c1-4-12(5-2)11-17-14-10-16-8-7-13(14)9-15-6-3/h7-8,10,12,15H,4-6,9,11H2,1-3H3. The summed E-state index contributed by atoms with van der Waals surface area (Å²) < 4.78 is 5.88. The molecule has 0 fully saturated rings. The zero-order chi connectivity index (χ0) is 12.5. The summed E-state index contributed by atoms with van der Waals surface area (Å²) in [5.74, 6) is 1.56. The third kappa shape index (κ3) is 4.73. The molecule has 1 rings (SSSR count). The van der Waals surface area contributed by atoms with Gasteiger partial charge in [-0.3, -0.25) is 4.98 Å². The van der Waals surface area contributed by atoms with E-state index in [4.69, 9.17) is 4.74 Å². The van der Waals surface area contributed by atoms with Gasteiger partial charge in [0.2, 0.25) is 0 Å². The van der Waals surface area contributed by atoms with Crippen molar-refractivity contribution in [1.82, 2.24) is 10.3 Å². The van der Waals surface area contributed by atoms with Crippen molar-refractivity contribution in [2.24, 2.45) is 5.92 Å². The Balaban J connectivity index is 2.56. The van der Waals surface area contributed by atoms with Crippen LogP contribution in [0.1, 0.15) is 39.2 Å². The number of aromatic nitrogens is 1. The Morgan fingerprint density at radius 2 is 2.06 bits per heavy atom. The van der Waals surface area contributed by atoms with Crippen molar-refractivity contribution >= 4 is 0 Å². The van der Waals surface area contributed by atoms with Gasteiger partial charge in [0.15, 0.2) is 0 Å². The lowest BCUT2D eigenvalue weighted by molar-refractivity contribution is 0.237. The minimum atomic E-state index is 0.641. The van der Waals surface area contributed by atoms with Crippen LogP contribution in [0.2, 0.25) is 0 Å². The van der Waals surface area contributed by atoms with E-state index >= 15 is 0 Å². The topological polar surface area (TPSA) is 34.2 Å². The molecule has 0 aromatic carbocycles. The van der Waals surface area contributed by atoms with Crippen LogP contribution in [0.5, 0.6) is 5.75 Å². The fraction of sp³-hybridized carbons (Fsp3) is 0.643. The molecular weight excluding hydrogens is 212 g/mol. The lowest BCUT2D eigenvalue weighted by Gasteiger charge is -2.16. The highest BCUT2D eigenvalue weighted by Crippen LogP contribution is 2.18. The predicted octanol–water partition coefficient (Wildman–Crippen LogP) is 3.01. The van der Waals surface area contributed by atoms with Crippen molar-refractivity contribution in [1.29, 1.82) is 0 Å². The van der Waals surface area contributed by atoms with Crippen LogP contribution < -0.4 is 10.1 Å². The van der Waals surface area contributed by atoms with Crippen LogP contribution in [0.4, 0.5) is 0 Å². The smallest absolute Gasteiger partial charge is 0.142 e. The summed E-state index contributed by atoms with van der Waals surface area (Å²) in [5.41, 5.74) is 1.19. The molecule has 0 aliphatic carbocycles. The third-order valence-electron chi connectivity index (χ3n) is 3.06. The van der Waals surface area contributed by atoms with E-state index in [-0.39, 0.29) is 0 Å².